The third-order valence-corrected chi connectivity index (χ3v) is 5.22. The SMILES string of the molecule is COC(=O)C/C=C/[C@@H](C)[C@H](Sc1ccccc1)C(C)(C)C. The van der Waals surface area contributed by atoms with Gasteiger partial charge in [-0.25, -0.2) is 0 Å². The van der Waals surface area contributed by atoms with Crippen LogP contribution in [0.4, 0.5) is 0 Å². The van der Waals surface area contributed by atoms with Gasteiger partial charge in [-0.3, -0.25) is 4.79 Å². The van der Waals surface area contributed by atoms with E-state index in [2.05, 4.69) is 62.8 Å². The molecule has 0 N–H and O–H groups in total. The standard InChI is InChI=1S/C18H26O2S/c1-14(10-9-13-16(19)20-5)17(18(2,3)4)21-15-11-7-6-8-12-15/h6-12,14,17H,13H2,1-5H3/b10-9+/t14-,17+/m1/s1. The van der Waals surface area contributed by atoms with Crippen molar-refractivity contribution in [3.63, 3.8) is 0 Å². The topological polar surface area (TPSA) is 26.3 Å². The maximum atomic E-state index is 11.2. The van der Waals surface area contributed by atoms with Crippen molar-refractivity contribution in [2.24, 2.45) is 11.3 Å². The molecule has 0 unspecified atom stereocenters. The Balaban J connectivity index is 2.76. The lowest BCUT2D eigenvalue weighted by Gasteiger charge is -2.34. The Bertz CT molecular complexity index is 460. The van der Waals surface area contributed by atoms with E-state index >= 15 is 0 Å². The first-order valence-corrected chi connectivity index (χ1v) is 8.17. The van der Waals surface area contributed by atoms with Crippen LogP contribution in [0.15, 0.2) is 47.4 Å². The van der Waals surface area contributed by atoms with Gasteiger partial charge >= 0.3 is 5.97 Å². The highest BCUT2D eigenvalue weighted by atomic mass is 32.2. The molecule has 0 spiro atoms. The molecular formula is C18H26O2S. The molecule has 0 radical (unpaired) electrons. The van der Waals surface area contributed by atoms with Crippen LogP contribution in [-0.4, -0.2) is 18.3 Å². The van der Waals surface area contributed by atoms with Gasteiger partial charge in [-0.15, -0.1) is 11.8 Å². The molecule has 0 saturated carbocycles. The van der Waals surface area contributed by atoms with Gasteiger partial charge in [0.05, 0.1) is 13.5 Å². The van der Waals surface area contributed by atoms with E-state index in [0.29, 0.717) is 17.6 Å². The first-order valence-electron chi connectivity index (χ1n) is 7.29. The summed E-state index contributed by atoms with van der Waals surface area (Å²) in [7, 11) is 1.42. The predicted molar refractivity (Wildman–Crippen MR) is 90.5 cm³/mol. The molecule has 0 amide bonds. The summed E-state index contributed by atoms with van der Waals surface area (Å²) in [5.74, 6) is 0.182. The summed E-state index contributed by atoms with van der Waals surface area (Å²) >= 11 is 1.90. The molecule has 0 bridgehead atoms. The van der Waals surface area contributed by atoms with Crippen LogP contribution >= 0.6 is 11.8 Å². The van der Waals surface area contributed by atoms with Crippen molar-refractivity contribution in [2.45, 2.75) is 44.3 Å². The number of esters is 1. The summed E-state index contributed by atoms with van der Waals surface area (Å²) in [4.78, 5) is 12.5. The lowest BCUT2D eigenvalue weighted by Crippen LogP contribution is -2.28. The number of hydrogen-bond donors (Lipinski definition) is 0. The molecule has 116 valence electrons. The highest BCUT2D eigenvalue weighted by Gasteiger charge is 2.29. The van der Waals surface area contributed by atoms with E-state index in [1.807, 2.05) is 23.9 Å². The molecule has 0 saturated heterocycles. The molecule has 1 rings (SSSR count). The minimum absolute atomic E-state index is 0.176. The minimum atomic E-state index is -0.193. The first-order chi connectivity index (χ1) is 9.84. The molecule has 3 heteroatoms. The Labute approximate surface area is 133 Å². The second-order valence-electron chi connectivity index (χ2n) is 6.29. The van der Waals surface area contributed by atoms with Crippen molar-refractivity contribution < 1.29 is 9.53 Å². The van der Waals surface area contributed by atoms with Crippen LogP contribution in [0, 0.1) is 11.3 Å². The third kappa shape index (κ3) is 6.38. The number of allylic oxidation sites excluding steroid dienone is 1. The molecule has 2 atom stereocenters. The fourth-order valence-corrected chi connectivity index (χ4v) is 3.55. The van der Waals surface area contributed by atoms with Gasteiger partial charge in [0.2, 0.25) is 0 Å². The first kappa shape index (κ1) is 17.8. The summed E-state index contributed by atoms with van der Waals surface area (Å²) in [5.41, 5.74) is 0.176. The average Bonchev–Trinajstić information content (AvgIpc) is 2.44. The molecule has 1 aromatic carbocycles. The second kappa shape index (κ2) is 8.28. The van der Waals surface area contributed by atoms with Gasteiger partial charge in [0, 0.05) is 10.1 Å². The van der Waals surface area contributed by atoms with Gasteiger partial charge in [-0.05, 0) is 23.5 Å². The monoisotopic (exact) mass is 306 g/mol. The number of hydrogen-bond acceptors (Lipinski definition) is 3. The molecular weight excluding hydrogens is 280 g/mol. The van der Waals surface area contributed by atoms with Crippen LogP contribution in [0.1, 0.15) is 34.1 Å². The number of carbonyl (C=O) groups excluding carboxylic acids is 1. The highest BCUT2D eigenvalue weighted by molar-refractivity contribution is 8.00. The third-order valence-electron chi connectivity index (χ3n) is 3.29. The van der Waals surface area contributed by atoms with Crippen LogP contribution in [0.5, 0.6) is 0 Å². The fourth-order valence-electron chi connectivity index (χ4n) is 2.28. The van der Waals surface area contributed by atoms with Crippen molar-refractivity contribution in [3.05, 3.63) is 42.5 Å². The summed E-state index contributed by atoms with van der Waals surface area (Å²) in [6.45, 7) is 8.99. The summed E-state index contributed by atoms with van der Waals surface area (Å²) in [6, 6.07) is 10.5. The average molecular weight is 306 g/mol. The molecule has 0 aliphatic rings. The highest BCUT2D eigenvalue weighted by Crippen LogP contribution is 2.40. The molecule has 0 aromatic heterocycles. The van der Waals surface area contributed by atoms with Crippen molar-refractivity contribution in [1.82, 2.24) is 0 Å². The van der Waals surface area contributed by atoms with Gasteiger partial charge in [-0.1, -0.05) is 58.0 Å². The largest absolute Gasteiger partial charge is 0.469 e. The van der Waals surface area contributed by atoms with E-state index < -0.39 is 0 Å². The lowest BCUT2D eigenvalue weighted by molar-refractivity contribution is -0.139. The minimum Gasteiger partial charge on any atom is -0.469 e. The Morgan fingerprint density at radius 3 is 2.43 bits per heavy atom. The predicted octanol–water partition coefficient (Wildman–Crippen LogP) is 4.95. The maximum absolute atomic E-state index is 11.2. The number of rotatable bonds is 6. The second-order valence-corrected chi connectivity index (χ2v) is 7.50. The smallest absolute Gasteiger partial charge is 0.309 e. The normalized spacial score (nSPS) is 14.9. The zero-order valence-corrected chi connectivity index (χ0v) is 14.4. The van der Waals surface area contributed by atoms with Crippen molar-refractivity contribution in [3.8, 4) is 0 Å². The van der Waals surface area contributed by atoms with Gasteiger partial charge in [-0.2, -0.15) is 0 Å². The van der Waals surface area contributed by atoms with E-state index in [1.54, 1.807) is 0 Å². The van der Waals surface area contributed by atoms with Gasteiger partial charge in [0.25, 0.3) is 0 Å². The summed E-state index contributed by atoms with van der Waals surface area (Å²) in [5, 5.41) is 0.439. The molecule has 0 fully saturated rings. The number of ether oxygens (including phenoxy) is 1. The number of benzene rings is 1. The van der Waals surface area contributed by atoms with E-state index in [4.69, 9.17) is 0 Å². The van der Waals surface area contributed by atoms with Crippen LogP contribution in [0.3, 0.4) is 0 Å². The van der Waals surface area contributed by atoms with Gasteiger partial charge in [0.1, 0.15) is 0 Å². The zero-order chi connectivity index (χ0) is 15.9. The maximum Gasteiger partial charge on any atom is 0.309 e. The van der Waals surface area contributed by atoms with Crippen LogP contribution in [-0.2, 0) is 9.53 Å². The lowest BCUT2D eigenvalue weighted by atomic mass is 9.84. The number of carbonyl (C=O) groups is 1. The molecule has 0 aliphatic heterocycles. The summed E-state index contributed by atoms with van der Waals surface area (Å²) < 4.78 is 4.66. The van der Waals surface area contributed by atoms with E-state index in [0.717, 1.165) is 0 Å². The van der Waals surface area contributed by atoms with Crippen LogP contribution in [0.2, 0.25) is 0 Å². The van der Waals surface area contributed by atoms with Crippen molar-refractivity contribution in [2.75, 3.05) is 7.11 Å². The zero-order valence-electron chi connectivity index (χ0n) is 13.6. The molecule has 2 nitrogen and oxygen atoms in total. The van der Waals surface area contributed by atoms with E-state index in [-0.39, 0.29) is 11.4 Å². The Kier molecular flexibility index (Phi) is 7.03. The Morgan fingerprint density at radius 1 is 1.29 bits per heavy atom. The quantitative estimate of drug-likeness (QED) is 0.422. The van der Waals surface area contributed by atoms with Crippen molar-refractivity contribution >= 4 is 17.7 Å². The number of methoxy groups -OCH3 is 1. The van der Waals surface area contributed by atoms with E-state index in [9.17, 15) is 4.79 Å². The summed E-state index contributed by atoms with van der Waals surface area (Å²) in [6.07, 6.45) is 4.39. The van der Waals surface area contributed by atoms with Crippen molar-refractivity contribution in [1.29, 1.82) is 0 Å². The molecule has 0 heterocycles. The molecule has 21 heavy (non-hydrogen) atoms. The molecule has 0 aliphatic carbocycles. The van der Waals surface area contributed by atoms with Gasteiger partial charge < -0.3 is 4.74 Å². The van der Waals surface area contributed by atoms with Crippen LogP contribution < -0.4 is 0 Å². The van der Waals surface area contributed by atoms with Crippen LogP contribution in [0.25, 0.3) is 0 Å². The fraction of sp³-hybridized carbons (Fsp3) is 0.500. The Hall–Kier alpha value is -1.22. The Morgan fingerprint density at radius 2 is 1.90 bits per heavy atom. The van der Waals surface area contributed by atoms with E-state index in [1.165, 1.54) is 12.0 Å². The number of thioether (sulfide) groups is 1. The van der Waals surface area contributed by atoms with Gasteiger partial charge in [0.15, 0.2) is 0 Å². The molecule has 1 aromatic rings.